The van der Waals surface area contributed by atoms with E-state index in [2.05, 4.69) is 27.6 Å². The van der Waals surface area contributed by atoms with Crippen LogP contribution in [0.2, 0.25) is 0 Å². The normalized spacial score (nSPS) is 21.6. The fourth-order valence-corrected chi connectivity index (χ4v) is 2.87. The standard InChI is InChI=1S/C15H20BN3O2/c1-20-16-17-13-8-7-12(10-13)15-19-18-14(21-15)9-11-5-3-2-4-6-11/h2-6,12-13,16-17H,7-10H2,1H3. The Hall–Kier alpha value is -1.66. The van der Waals surface area contributed by atoms with Crippen LogP contribution in [-0.2, 0) is 11.1 Å². The highest BCUT2D eigenvalue weighted by molar-refractivity contribution is 6.23. The topological polar surface area (TPSA) is 60.2 Å². The summed E-state index contributed by atoms with van der Waals surface area (Å²) >= 11 is 0. The van der Waals surface area contributed by atoms with Gasteiger partial charge < -0.3 is 14.3 Å². The molecule has 21 heavy (non-hydrogen) atoms. The van der Waals surface area contributed by atoms with Crippen molar-refractivity contribution < 1.29 is 9.07 Å². The van der Waals surface area contributed by atoms with Gasteiger partial charge in [-0.05, 0) is 30.9 Å². The molecular weight excluding hydrogens is 265 g/mol. The lowest BCUT2D eigenvalue weighted by molar-refractivity contribution is 0.409. The molecule has 1 aromatic carbocycles. The van der Waals surface area contributed by atoms with E-state index in [0.29, 0.717) is 31.9 Å². The Morgan fingerprint density at radius 2 is 2.14 bits per heavy atom. The molecule has 0 radical (unpaired) electrons. The molecule has 1 N–H and O–H groups in total. The summed E-state index contributed by atoms with van der Waals surface area (Å²) in [5, 5.41) is 11.8. The Labute approximate surface area is 125 Å². The molecule has 1 heterocycles. The van der Waals surface area contributed by atoms with Gasteiger partial charge in [0.05, 0.1) is 6.42 Å². The van der Waals surface area contributed by atoms with Gasteiger partial charge in [-0.3, -0.25) is 0 Å². The molecule has 2 aromatic rings. The summed E-state index contributed by atoms with van der Waals surface area (Å²) in [6.07, 6.45) is 3.96. The minimum Gasteiger partial charge on any atom is -0.427 e. The van der Waals surface area contributed by atoms with E-state index in [1.807, 2.05) is 18.2 Å². The van der Waals surface area contributed by atoms with Gasteiger partial charge in [0.1, 0.15) is 0 Å². The molecule has 1 fully saturated rings. The Kier molecular flexibility index (Phi) is 4.67. The number of hydrogen-bond acceptors (Lipinski definition) is 5. The molecule has 5 nitrogen and oxygen atoms in total. The lowest BCUT2D eigenvalue weighted by Gasteiger charge is -2.09. The highest BCUT2D eigenvalue weighted by atomic mass is 16.4. The van der Waals surface area contributed by atoms with Gasteiger partial charge in [0.15, 0.2) is 0 Å². The van der Waals surface area contributed by atoms with Gasteiger partial charge in [-0.25, -0.2) is 0 Å². The minimum atomic E-state index is 0.372. The second-order valence-corrected chi connectivity index (χ2v) is 5.54. The average Bonchev–Trinajstić information content (AvgIpc) is 3.15. The fourth-order valence-electron chi connectivity index (χ4n) is 2.87. The van der Waals surface area contributed by atoms with Crippen molar-refractivity contribution in [3.05, 3.63) is 47.7 Å². The van der Waals surface area contributed by atoms with Crippen molar-refractivity contribution in [3.63, 3.8) is 0 Å². The first kappa shape index (κ1) is 14.3. The van der Waals surface area contributed by atoms with E-state index in [9.17, 15) is 0 Å². The molecule has 0 aliphatic heterocycles. The van der Waals surface area contributed by atoms with Crippen LogP contribution < -0.4 is 5.23 Å². The number of rotatable bonds is 6. The molecule has 2 atom stereocenters. The first-order valence-electron chi connectivity index (χ1n) is 7.43. The lowest BCUT2D eigenvalue weighted by Crippen LogP contribution is -2.31. The highest BCUT2D eigenvalue weighted by Gasteiger charge is 2.29. The molecule has 0 bridgehead atoms. The third-order valence-electron chi connectivity index (χ3n) is 3.98. The quantitative estimate of drug-likeness (QED) is 0.820. The first-order chi connectivity index (χ1) is 10.3. The SMILES string of the molecule is COBNC1CCC(c2nnc(Cc3ccccc3)o2)C1. The summed E-state index contributed by atoms with van der Waals surface area (Å²) in [5.41, 5.74) is 1.19. The van der Waals surface area contributed by atoms with E-state index in [-0.39, 0.29) is 0 Å². The first-order valence-corrected chi connectivity index (χ1v) is 7.43. The monoisotopic (exact) mass is 285 g/mol. The summed E-state index contributed by atoms with van der Waals surface area (Å²) < 4.78 is 10.9. The van der Waals surface area contributed by atoms with E-state index in [0.717, 1.165) is 25.2 Å². The average molecular weight is 285 g/mol. The zero-order chi connectivity index (χ0) is 14.5. The van der Waals surface area contributed by atoms with Crippen LogP contribution in [-0.4, -0.2) is 31.0 Å². The fraction of sp³-hybridized carbons (Fsp3) is 0.467. The highest BCUT2D eigenvalue weighted by Crippen LogP contribution is 2.33. The van der Waals surface area contributed by atoms with Crippen LogP contribution in [0, 0.1) is 0 Å². The molecule has 1 aromatic heterocycles. The van der Waals surface area contributed by atoms with Gasteiger partial charge in [0, 0.05) is 13.0 Å². The smallest absolute Gasteiger partial charge is 0.360 e. The second-order valence-electron chi connectivity index (χ2n) is 5.54. The van der Waals surface area contributed by atoms with Gasteiger partial charge >= 0.3 is 7.62 Å². The van der Waals surface area contributed by atoms with Crippen molar-refractivity contribution in [2.24, 2.45) is 0 Å². The Bertz CT molecular complexity index is 561. The molecule has 1 aliphatic carbocycles. The van der Waals surface area contributed by atoms with E-state index in [4.69, 9.17) is 9.07 Å². The third kappa shape index (κ3) is 3.71. The van der Waals surface area contributed by atoms with E-state index in [1.54, 1.807) is 7.11 Å². The summed E-state index contributed by atoms with van der Waals surface area (Å²) in [7, 11) is 2.30. The van der Waals surface area contributed by atoms with Gasteiger partial charge in [-0.2, -0.15) is 0 Å². The lowest BCUT2D eigenvalue weighted by atomic mass is 10.1. The maximum Gasteiger partial charge on any atom is 0.360 e. The van der Waals surface area contributed by atoms with Crippen LogP contribution in [0.5, 0.6) is 0 Å². The molecule has 3 rings (SSSR count). The molecule has 2 unspecified atom stereocenters. The van der Waals surface area contributed by atoms with Crippen molar-refractivity contribution in [1.82, 2.24) is 15.4 Å². The molecule has 6 heteroatoms. The molecular formula is C15H20BN3O2. The Morgan fingerprint density at radius 3 is 2.95 bits per heavy atom. The zero-order valence-corrected chi connectivity index (χ0v) is 12.3. The molecule has 1 saturated carbocycles. The van der Waals surface area contributed by atoms with Gasteiger partial charge in [0.25, 0.3) is 0 Å². The van der Waals surface area contributed by atoms with Gasteiger partial charge in [-0.15, -0.1) is 10.2 Å². The summed E-state index contributed by atoms with van der Waals surface area (Å²) in [6.45, 7) is 0. The van der Waals surface area contributed by atoms with Crippen LogP contribution in [0.4, 0.5) is 0 Å². The molecule has 0 amide bonds. The maximum absolute atomic E-state index is 5.84. The molecule has 0 spiro atoms. The van der Waals surface area contributed by atoms with Gasteiger partial charge in [-0.1, -0.05) is 30.3 Å². The van der Waals surface area contributed by atoms with E-state index >= 15 is 0 Å². The van der Waals surface area contributed by atoms with Crippen LogP contribution in [0.15, 0.2) is 34.7 Å². The molecule has 0 saturated heterocycles. The molecule has 110 valence electrons. The Balaban J connectivity index is 1.58. The predicted octanol–water partition coefficient (Wildman–Crippen LogP) is 1.80. The maximum atomic E-state index is 5.84. The number of hydrogen-bond donors (Lipinski definition) is 1. The van der Waals surface area contributed by atoms with Crippen molar-refractivity contribution in [2.45, 2.75) is 37.6 Å². The minimum absolute atomic E-state index is 0.372. The number of nitrogens with zero attached hydrogens (tertiary/aromatic N) is 2. The van der Waals surface area contributed by atoms with Crippen LogP contribution in [0.1, 0.15) is 42.5 Å². The summed E-state index contributed by atoms with van der Waals surface area (Å²) in [6, 6.07) is 10.7. The van der Waals surface area contributed by atoms with Crippen molar-refractivity contribution in [2.75, 3.05) is 7.11 Å². The number of nitrogens with one attached hydrogen (secondary N) is 1. The summed E-state index contributed by atoms with van der Waals surface area (Å²) in [4.78, 5) is 0. The molecule has 1 aliphatic rings. The number of benzene rings is 1. The third-order valence-corrected chi connectivity index (χ3v) is 3.98. The van der Waals surface area contributed by atoms with Crippen LogP contribution >= 0.6 is 0 Å². The second kappa shape index (κ2) is 6.87. The van der Waals surface area contributed by atoms with Crippen LogP contribution in [0.3, 0.4) is 0 Å². The van der Waals surface area contributed by atoms with Crippen molar-refractivity contribution >= 4 is 7.62 Å². The predicted molar refractivity (Wildman–Crippen MR) is 81.2 cm³/mol. The van der Waals surface area contributed by atoms with Gasteiger partial charge in [0.2, 0.25) is 11.8 Å². The summed E-state index contributed by atoms with van der Waals surface area (Å²) in [5.74, 6) is 1.85. The van der Waals surface area contributed by atoms with E-state index < -0.39 is 0 Å². The number of aromatic nitrogens is 2. The van der Waals surface area contributed by atoms with Crippen molar-refractivity contribution in [1.29, 1.82) is 0 Å². The van der Waals surface area contributed by atoms with Crippen LogP contribution in [0.25, 0.3) is 0 Å². The van der Waals surface area contributed by atoms with E-state index in [1.165, 1.54) is 5.56 Å². The van der Waals surface area contributed by atoms with Crippen molar-refractivity contribution in [3.8, 4) is 0 Å². The Morgan fingerprint density at radius 1 is 1.29 bits per heavy atom. The largest absolute Gasteiger partial charge is 0.427 e. The zero-order valence-electron chi connectivity index (χ0n) is 12.3.